The minimum absolute atomic E-state index is 0. The van der Waals surface area contributed by atoms with Crippen molar-refractivity contribution < 1.29 is 44.4 Å². The minimum Gasteiger partial charge on any atom is -1.00 e. The Balaban J connectivity index is 0.00000336. The molecule has 0 spiro atoms. The van der Waals surface area contributed by atoms with Crippen molar-refractivity contribution >= 4 is 23.1 Å². The highest BCUT2D eigenvalue weighted by Gasteiger charge is 2.47. The molecule has 3 aliphatic heterocycles. The SMILES string of the molecule is O=C(C[C@H]1C[N+]2(CC(=O)c3cccs3)CCC1CC2)OC(c1ccccc1)c1ccc(C(F)(F)F)cc1.[Cl-]. The molecule has 3 aliphatic rings. The highest BCUT2D eigenvalue weighted by molar-refractivity contribution is 7.12. The molecule has 9 heteroatoms. The summed E-state index contributed by atoms with van der Waals surface area (Å²) in [4.78, 5) is 26.8. The van der Waals surface area contributed by atoms with Gasteiger partial charge in [0.25, 0.3) is 0 Å². The maximum Gasteiger partial charge on any atom is 0.416 e. The van der Waals surface area contributed by atoms with Crippen molar-refractivity contribution in [2.75, 3.05) is 26.2 Å². The second-order valence-electron chi connectivity index (χ2n) is 10.2. The second kappa shape index (κ2) is 11.6. The molecule has 0 aliphatic carbocycles. The molecule has 3 aromatic rings. The lowest BCUT2D eigenvalue weighted by Crippen LogP contribution is -3.00. The van der Waals surface area contributed by atoms with Crippen LogP contribution < -0.4 is 12.4 Å². The molecular weight excluding hydrogens is 535 g/mol. The summed E-state index contributed by atoms with van der Waals surface area (Å²) in [5, 5.41) is 1.91. The Labute approximate surface area is 230 Å². The molecular formula is C29H29ClF3NO3S. The van der Waals surface area contributed by atoms with E-state index in [0.29, 0.717) is 28.1 Å². The molecule has 38 heavy (non-hydrogen) atoms. The van der Waals surface area contributed by atoms with Crippen molar-refractivity contribution in [1.82, 2.24) is 0 Å². The number of piperidine rings is 3. The number of carbonyl (C=O) groups excluding carboxylic acids is 2. The molecule has 3 fully saturated rings. The second-order valence-corrected chi connectivity index (χ2v) is 11.2. The van der Waals surface area contributed by atoms with Crippen LogP contribution in [0.4, 0.5) is 13.2 Å². The summed E-state index contributed by atoms with van der Waals surface area (Å²) in [7, 11) is 0. The van der Waals surface area contributed by atoms with Crippen molar-refractivity contribution in [2.24, 2.45) is 11.8 Å². The van der Waals surface area contributed by atoms with Gasteiger partial charge in [0.15, 0.2) is 6.10 Å². The summed E-state index contributed by atoms with van der Waals surface area (Å²) in [6.07, 6.45) is -3.02. The molecule has 0 N–H and O–H groups in total. The first-order valence-corrected chi connectivity index (χ1v) is 13.4. The first kappa shape index (κ1) is 28.3. The molecule has 0 radical (unpaired) electrons. The van der Waals surface area contributed by atoms with Gasteiger partial charge in [-0.25, -0.2) is 0 Å². The lowest BCUT2D eigenvalue weighted by atomic mass is 9.75. The van der Waals surface area contributed by atoms with E-state index in [1.165, 1.54) is 23.5 Å². The molecule has 1 unspecified atom stereocenters. The molecule has 2 bridgehead atoms. The van der Waals surface area contributed by atoms with Crippen LogP contribution in [0.1, 0.15) is 51.7 Å². The van der Waals surface area contributed by atoms with Gasteiger partial charge in [0.1, 0.15) is 6.54 Å². The number of carbonyl (C=O) groups is 2. The van der Waals surface area contributed by atoms with Crippen molar-refractivity contribution in [3.8, 4) is 0 Å². The van der Waals surface area contributed by atoms with Crippen LogP contribution in [0.5, 0.6) is 0 Å². The van der Waals surface area contributed by atoms with Gasteiger partial charge in [0.05, 0.1) is 36.5 Å². The smallest absolute Gasteiger partial charge is 0.416 e. The quantitative estimate of drug-likeness (QED) is 0.239. The zero-order valence-corrected chi connectivity index (χ0v) is 22.3. The van der Waals surface area contributed by atoms with Crippen LogP contribution in [0.25, 0.3) is 0 Å². The summed E-state index contributed by atoms with van der Waals surface area (Å²) in [5.41, 5.74) is 0.453. The van der Waals surface area contributed by atoms with E-state index in [1.54, 1.807) is 12.1 Å². The van der Waals surface area contributed by atoms with E-state index in [9.17, 15) is 22.8 Å². The van der Waals surface area contributed by atoms with Crippen molar-refractivity contribution in [2.45, 2.75) is 31.5 Å². The maximum atomic E-state index is 13.2. The Morgan fingerprint density at radius 2 is 1.61 bits per heavy atom. The number of fused-ring (bicyclic) bond motifs is 3. The number of halogens is 4. The highest BCUT2D eigenvalue weighted by Crippen LogP contribution is 2.40. The lowest BCUT2D eigenvalue weighted by molar-refractivity contribution is -0.939. The number of alkyl halides is 3. The fourth-order valence-electron chi connectivity index (χ4n) is 5.91. The van der Waals surface area contributed by atoms with Crippen LogP contribution in [-0.4, -0.2) is 42.4 Å². The number of ketones is 1. The van der Waals surface area contributed by atoms with E-state index >= 15 is 0 Å². The number of esters is 1. The first-order chi connectivity index (χ1) is 17.7. The fourth-order valence-corrected chi connectivity index (χ4v) is 6.56. The van der Waals surface area contributed by atoms with Gasteiger partial charge in [0, 0.05) is 18.8 Å². The van der Waals surface area contributed by atoms with E-state index in [1.807, 2.05) is 35.7 Å². The van der Waals surface area contributed by atoms with Gasteiger partial charge in [-0.05, 0) is 40.6 Å². The Bertz CT molecular complexity index is 1220. The van der Waals surface area contributed by atoms with Gasteiger partial charge >= 0.3 is 12.1 Å². The van der Waals surface area contributed by atoms with E-state index in [4.69, 9.17) is 4.74 Å². The number of quaternary nitrogens is 1. The minimum atomic E-state index is -4.43. The summed E-state index contributed by atoms with van der Waals surface area (Å²) in [6, 6.07) is 17.6. The van der Waals surface area contributed by atoms with Crippen molar-refractivity contribution in [1.29, 1.82) is 0 Å². The van der Waals surface area contributed by atoms with Gasteiger partial charge in [-0.15, -0.1) is 11.3 Å². The van der Waals surface area contributed by atoms with Gasteiger partial charge < -0.3 is 21.6 Å². The average molecular weight is 564 g/mol. The molecule has 0 saturated carbocycles. The Hall–Kier alpha value is -2.68. The van der Waals surface area contributed by atoms with Crippen LogP contribution in [0, 0.1) is 11.8 Å². The predicted octanol–water partition coefficient (Wildman–Crippen LogP) is 3.53. The van der Waals surface area contributed by atoms with E-state index in [-0.39, 0.29) is 36.5 Å². The number of Topliss-reactive ketones (excluding diaryl/α,β-unsaturated/α-hetero) is 1. The Morgan fingerprint density at radius 1 is 0.947 bits per heavy atom. The Morgan fingerprint density at radius 3 is 2.21 bits per heavy atom. The largest absolute Gasteiger partial charge is 1.00 e. The number of hydrogen-bond acceptors (Lipinski definition) is 4. The fraction of sp³-hybridized carbons (Fsp3) is 0.379. The zero-order valence-electron chi connectivity index (χ0n) is 20.7. The zero-order chi connectivity index (χ0) is 26.0. The Kier molecular flexibility index (Phi) is 8.65. The van der Waals surface area contributed by atoms with E-state index in [0.717, 1.165) is 49.5 Å². The monoisotopic (exact) mass is 563 g/mol. The standard InChI is InChI=1S/C29H29F3NO3S.ClH/c30-29(31,32)24-10-8-22(9-11-24)28(21-5-2-1-3-6-21)36-27(35)17-23-18-33(14-12-20(23)13-15-33)19-25(34)26-7-4-16-37-26;/h1-11,16,20,23,28H,12-15,17-19H2;1H/q+1;/p-1/t20?,23-,28?,33?;/m0./s1. The first-order valence-electron chi connectivity index (χ1n) is 12.6. The normalized spacial score (nSPS) is 23.3. The number of nitrogens with zero attached hydrogens (tertiary/aromatic N) is 1. The third-order valence-electron chi connectivity index (χ3n) is 7.83. The number of ether oxygens (including phenoxy) is 1. The van der Waals surface area contributed by atoms with Crippen LogP contribution in [0.3, 0.4) is 0 Å². The van der Waals surface area contributed by atoms with Crippen LogP contribution in [0.2, 0.25) is 0 Å². The van der Waals surface area contributed by atoms with Gasteiger partial charge in [0.2, 0.25) is 5.78 Å². The van der Waals surface area contributed by atoms with Crippen LogP contribution in [0.15, 0.2) is 72.1 Å². The van der Waals surface area contributed by atoms with Gasteiger partial charge in [-0.2, -0.15) is 13.2 Å². The van der Waals surface area contributed by atoms with Crippen LogP contribution >= 0.6 is 11.3 Å². The van der Waals surface area contributed by atoms with E-state index < -0.39 is 17.8 Å². The molecule has 2 atom stereocenters. The average Bonchev–Trinajstić information content (AvgIpc) is 3.43. The summed E-state index contributed by atoms with van der Waals surface area (Å²) in [6.45, 7) is 3.13. The summed E-state index contributed by atoms with van der Waals surface area (Å²) >= 11 is 1.46. The predicted molar refractivity (Wildman–Crippen MR) is 135 cm³/mol. The van der Waals surface area contributed by atoms with Crippen LogP contribution in [-0.2, 0) is 15.7 Å². The topological polar surface area (TPSA) is 43.4 Å². The molecule has 0 amide bonds. The van der Waals surface area contributed by atoms with Crippen molar-refractivity contribution in [3.05, 3.63) is 93.7 Å². The molecule has 4 heterocycles. The molecule has 4 nitrogen and oxygen atoms in total. The molecule has 2 aromatic carbocycles. The molecule has 6 rings (SSSR count). The van der Waals surface area contributed by atoms with Gasteiger partial charge in [-0.3, -0.25) is 9.59 Å². The lowest BCUT2D eigenvalue weighted by Gasteiger charge is -2.52. The molecule has 1 aromatic heterocycles. The van der Waals surface area contributed by atoms with Gasteiger partial charge in [-0.1, -0.05) is 48.5 Å². The number of hydrogen-bond donors (Lipinski definition) is 0. The third kappa shape index (κ3) is 6.30. The molecule has 202 valence electrons. The number of thiophene rings is 1. The third-order valence-corrected chi connectivity index (χ3v) is 8.74. The van der Waals surface area contributed by atoms with Crippen molar-refractivity contribution in [3.63, 3.8) is 0 Å². The molecule has 3 saturated heterocycles. The maximum absolute atomic E-state index is 13.2. The number of rotatable bonds is 8. The highest BCUT2D eigenvalue weighted by atomic mass is 35.5. The number of benzene rings is 2. The van der Waals surface area contributed by atoms with E-state index in [2.05, 4.69) is 0 Å². The summed E-state index contributed by atoms with van der Waals surface area (Å²) in [5.74, 6) is 0.333. The summed E-state index contributed by atoms with van der Waals surface area (Å²) < 4.78 is 45.9.